The van der Waals surface area contributed by atoms with Gasteiger partial charge in [-0.3, -0.25) is 0 Å². The molecule has 5 nitrogen and oxygen atoms in total. The minimum absolute atomic E-state index is 0.551. The zero-order valence-corrected chi connectivity index (χ0v) is 10.3. The Morgan fingerprint density at radius 3 is 2.94 bits per heavy atom. The van der Waals surface area contributed by atoms with E-state index < -0.39 is 0 Å². The van der Waals surface area contributed by atoms with Crippen LogP contribution in [0, 0.1) is 0 Å². The van der Waals surface area contributed by atoms with Crippen molar-refractivity contribution in [2.75, 3.05) is 24.6 Å². The van der Waals surface area contributed by atoms with Crippen molar-refractivity contribution in [2.24, 2.45) is 5.73 Å². The second-order valence-electron chi connectivity index (χ2n) is 4.19. The van der Waals surface area contributed by atoms with Crippen molar-refractivity contribution in [2.45, 2.75) is 32.2 Å². The predicted octanol–water partition coefficient (Wildman–Crippen LogP) is 1.19. The summed E-state index contributed by atoms with van der Waals surface area (Å²) in [5.41, 5.74) is 5.65. The van der Waals surface area contributed by atoms with Gasteiger partial charge in [0.2, 0.25) is 11.8 Å². The number of hydrogen-bond acceptors (Lipinski definition) is 5. The van der Waals surface area contributed by atoms with Gasteiger partial charge in [0, 0.05) is 31.4 Å². The van der Waals surface area contributed by atoms with Crippen molar-refractivity contribution in [1.82, 2.24) is 9.97 Å². The van der Waals surface area contributed by atoms with E-state index in [1.54, 1.807) is 12.3 Å². The molecule has 17 heavy (non-hydrogen) atoms. The zero-order valence-electron chi connectivity index (χ0n) is 10.3. The maximum atomic E-state index is 5.65. The highest BCUT2D eigenvalue weighted by Crippen LogP contribution is 2.27. The van der Waals surface area contributed by atoms with E-state index in [0.29, 0.717) is 25.1 Å². The summed E-state index contributed by atoms with van der Waals surface area (Å²) in [4.78, 5) is 10.9. The summed E-state index contributed by atoms with van der Waals surface area (Å²) in [6.45, 7) is 4.00. The number of rotatable bonds is 6. The SMILES string of the molecule is CCOc1ccnc(N(CCN)C2CCC2)n1. The van der Waals surface area contributed by atoms with Gasteiger partial charge in [-0.15, -0.1) is 0 Å². The molecule has 94 valence electrons. The molecule has 0 aromatic carbocycles. The highest BCUT2D eigenvalue weighted by atomic mass is 16.5. The first-order chi connectivity index (χ1) is 8.35. The fraction of sp³-hybridized carbons (Fsp3) is 0.667. The lowest BCUT2D eigenvalue weighted by Gasteiger charge is -2.37. The van der Waals surface area contributed by atoms with Crippen molar-refractivity contribution in [3.05, 3.63) is 12.3 Å². The van der Waals surface area contributed by atoms with Gasteiger partial charge in [-0.1, -0.05) is 0 Å². The maximum absolute atomic E-state index is 5.65. The Kier molecular flexibility index (Phi) is 4.14. The number of aromatic nitrogens is 2. The molecular weight excluding hydrogens is 216 g/mol. The summed E-state index contributed by atoms with van der Waals surface area (Å²) in [5, 5.41) is 0. The maximum Gasteiger partial charge on any atom is 0.228 e. The van der Waals surface area contributed by atoms with Crippen molar-refractivity contribution in [3.8, 4) is 5.88 Å². The summed E-state index contributed by atoms with van der Waals surface area (Å²) in [5.74, 6) is 1.38. The number of ether oxygens (including phenoxy) is 1. The zero-order chi connectivity index (χ0) is 12.1. The topological polar surface area (TPSA) is 64.3 Å². The van der Waals surface area contributed by atoms with E-state index in [2.05, 4.69) is 14.9 Å². The second-order valence-corrected chi connectivity index (χ2v) is 4.19. The Labute approximate surface area is 102 Å². The fourth-order valence-corrected chi connectivity index (χ4v) is 1.98. The first-order valence-corrected chi connectivity index (χ1v) is 6.27. The largest absolute Gasteiger partial charge is 0.478 e. The molecule has 0 atom stereocenters. The van der Waals surface area contributed by atoms with Crippen molar-refractivity contribution < 1.29 is 4.74 Å². The minimum Gasteiger partial charge on any atom is -0.478 e. The lowest BCUT2D eigenvalue weighted by Crippen LogP contribution is -2.44. The van der Waals surface area contributed by atoms with Crippen LogP contribution in [0.3, 0.4) is 0 Å². The van der Waals surface area contributed by atoms with E-state index in [-0.39, 0.29) is 0 Å². The quantitative estimate of drug-likeness (QED) is 0.804. The predicted molar refractivity (Wildman–Crippen MR) is 67.2 cm³/mol. The first kappa shape index (κ1) is 12.1. The molecule has 1 fully saturated rings. The van der Waals surface area contributed by atoms with Gasteiger partial charge in [0.15, 0.2) is 0 Å². The summed E-state index contributed by atoms with van der Waals surface area (Å²) in [6.07, 6.45) is 5.46. The third-order valence-corrected chi connectivity index (χ3v) is 3.05. The van der Waals surface area contributed by atoms with Crippen molar-refractivity contribution in [3.63, 3.8) is 0 Å². The molecule has 0 radical (unpaired) electrons. The van der Waals surface area contributed by atoms with Crippen LogP contribution in [0.25, 0.3) is 0 Å². The van der Waals surface area contributed by atoms with E-state index >= 15 is 0 Å². The van der Waals surface area contributed by atoms with E-state index in [4.69, 9.17) is 10.5 Å². The average molecular weight is 236 g/mol. The smallest absolute Gasteiger partial charge is 0.228 e. The molecule has 0 bridgehead atoms. The van der Waals surface area contributed by atoms with Crippen LogP contribution in [-0.4, -0.2) is 35.7 Å². The normalized spacial score (nSPS) is 15.4. The molecule has 0 unspecified atom stereocenters. The standard InChI is InChI=1S/C12H20N4O/c1-2-17-11-6-8-14-12(15-11)16(9-7-13)10-4-3-5-10/h6,8,10H,2-5,7,9,13H2,1H3. The molecule has 1 aromatic rings. The van der Waals surface area contributed by atoms with Crippen LogP contribution >= 0.6 is 0 Å². The van der Waals surface area contributed by atoms with Crippen molar-refractivity contribution in [1.29, 1.82) is 0 Å². The van der Waals surface area contributed by atoms with Crippen molar-refractivity contribution >= 4 is 5.95 Å². The Bertz CT molecular complexity index is 354. The van der Waals surface area contributed by atoms with Gasteiger partial charge in [-0.25, -0.2) is 4.98 Å². The molecule has 1 aliphatic rings. The molecule has 2 rings (SSSR count). The molecule has 5 heteroatoms. The molecule has 0 saturated heterocycles. The number of anilines is 1. The Morgan fingerprint density at radius 2 is 2.35 bits per heavy atom. The highest BCUT2D eigenvalue weighted by molar-refractivity contribution is 5.34. The molecule has 1 aliphatic carbocycles. The molecular formula is C12H20N4O. The molecule has 1 heterocycles. The third-order valence-electron chi connectivity index (χ3n) is 3.05. The van der Waals surface area contributed by atoms with Gasteiger partial charge >= 0.3 is 0 Å². The molecule has 0 spiro atoms. The molecule has 1 aromatic heterocycles. The van der Waals surface area contributed by atoms with Crippen LogP contribution in [0.15, 0.2) is 12.3 Å². The van der Waals surface area contributed by atoms with Gasteiger partial charge in [-0.2, -0.15) is 4.98 Å². The number of nitrogens with two attached hydrogens (primary N) is 1. The van der Waals surface area contributed by atoms with Crippen LogP contribution < -0.4 is 15.4 Å². The van der Waals surface area contributed by atoms with Crippen LogP contribution in [0.2, 0.25) is 0 Å². The summed E-state index contributed by atoms with van der Waals surface area (Å²) >= 11 is 0. The number of hydrogen-bond donors (Lipinski definition) is 1. The van der Waals surface area contributed by atoms with Crippen LogP contribution in [0.1, 0.15) is 26.2 Å². The molecule has 1 saturated carbocycles. The second kappa shape index (κ2) is 5.82. The minimum atomic E-state index is 0.551. The lowest BCUT2D eigenvalue weighted by molar-refractivity contribution is 0.324. The highest BCUT2D eigenvalue weighted by Gasteiger charge is 2.26. The first-order valence-electron chi connectivity index (χ1n) is 6.27. The van der Waals surface area contributed by atoms with E-state index in [0.717, 1.165) is 12.5 Å². The molecule has 2 N–H and O–H groups in total. The number of nitrogens with zero attached hydrogens (tertiary/aromatic N) is 3. The van der Waals surface area contributed by atoms with Gasteiger partial charge in [0.25, 0.3) is 0 Å². The van der Waals surface area contributed by atoms with Crippen LogP contribution in [0.4, 0.5) is 5.95 Å². The summed E-state index contributed by atoms with van der Waals surface area (Å²) < 4.78 is 5.40. The Morgan fingerprint density at radius 1 is 1.53 bits per heavy atom. The lowest BCUT2D eigenvalue weighted by atomic mass is 9.91. The van der Waals surface area contributed by atoms with Gasteiger partial charge in [0.05, 0.1) is 6.61 Å². The summed E-state index contributed by atoms with van der Waals surface area (Å²) in [7, 11) is 0. The summed E-state index contributed by atoms with van der Waals surface area (Å²) in [6, 6.07) is 2.34. The van der Waals surface area contributed by atoms with Gasteiger partial charge < -0.3 is 15.4 Å². The fourth-order valence-electron chi connectivity index (χ4n) is 1.98. The van der Waals surface area contributed by atoms with E-state index in [1.165, 1.54) is 19.3 Å². The molecule has 0 amide bonds. The Balaban J connectivity index is 2.13. The third kappa shape index (κ3) is 2.85. The monoisotopic (exact) mass is 236 g/mol. The Hall–Kier alpha value is -1.36. The van der Waals surface area contributed by atoms with Gasteiger partial charge in [0.1, 0.15) is 0 Å². The van der Waals surface area contributed by atoms with E-state index in [9.17, 15) is 0 Å². The van der Waals surface area contributed by atoms with Gasteiger partial charge in [-0.05, 0) is 26.2 Å². The molecule has 0 aliphatic heterocycles. The van der Waals surface area contributed by atoms with E-state index in [1.807, 2.05) is 6.92 Å². The average Bonchev–Trinajstić information content (AvgIpc) is 2.27. The van der Waals surface area contributed by atoms with Crippen LogP contribution in [-0.2, 0) is 0 Å². The van der Waals surface area contributed by atoms with Crippen LogP contribution in [0.5, 0.6) is 5.88 Å².